The number of carbonyl (C=O) groups excluding carboxylic acids is 2. The van der Waals surface area contributed by atoms with Crippen LogP contribution in [0.5, 0.6) is 0 Å². The zero-order valence-electron chi connectivity index (χ0n) is 18.6. The average molecular weight is 471 g/mol. The first-order valence-electron chi connectivity index (χ1n) is 11.6. The number of aryl methyl sites for hydroxylation is 1. The molecule has 4 aliphatic rings. The standard InChI is InChI=1S/C23H29N5O4S/c1-14(22(29)27-8-2-3-17(27)11-24)12-26-13-18-10-21(26)23(30)28(18)20-7-4-15-9-16(25-33(31)32)5-6-19(15)20/h5-6,9,14,17-18,20-21,25H,2-4,7-8,10,12-13H2,1H3,(H,31,32)/p-1/t14-,17-,18+,20-,21+/m0/s1. The maximum absolute atomic E-state index is 13.3. The molecular weight excluding hydrogens is 442 g/mol. The van der Waals surface area contributed by atoms with E-state index in [1.54, 1.807) is 11.0 Å². The van der Waals surface area contributed by atoms with Gasteiger partial charge in [0, 0.05) is 48.5 Å². The van der Waals surface area contributed by atoms with Crippen LogP contribution in [0, 0.1) is 17.2 Å². The number of anilines is 1. The monoisotopic (exact) mass is 470 g/mol. The van der Waals surface area contributed by atoms with E-state index in [2.05, 4.69) is 15.7 Å². The van der Waals surface area contributed by atoms with Crippen LogP contribution in [-0.2, 0) is 27.3 Å². The van der Waals surface area contributed by atoms with E-state index in [0.717, 1.165) is 49.8 Å². The predicted octanol–water partition coefficient (Wildman–Crippen LogP) is 1.32. The van der Waals surface area contributed by atoms with Gasteiger partial charge in [-0.1, -0.05) is 13.0 Å². The Balaban J connectivity index is 1.24. The Morgan fingerprint density at radius 1 is 1.36 bits per heavy atom. The molecule has 9 nitrogen and oxygen atoms in total. The molecule has 3 saturated heterocycles. The molecular formula is C23H28N5O4S-. The molecule has 1 unspecified atom stereocenters. The number of amides is 2. The smallest absolute Gasteiger partial charge is 0.240 e. The topological polar surface area (TPSA) is 120 Å². The van der Waals surface area contributed by atoms with Crippen LogP contribution in [0.1, 0.15) is 49.8 Å². The predicted molar refractivity (Wildman–Crippen MR) is 120 cm³/mol. The highest BCUT2D eigenvalue weighted by Gasteiger charge is 2.53. The minimum Gasteiger partial charge on any atom is -0.755 e. The number of fused-ring (bicyclic) bond motifs is 3. The minimum absolute atomic E-state index is 0.0132. The van der Waals surface area contributed by atoms with Gasteiger partial charge in [0.25, 0.3) is 0 Å². The van der Waals surface area contributed by atoms with E-state index in [4.69, 9.17) is 0 Å². The van der Waals surface area contributed by atoms with Crippen molar-refractivity contribution in [2.24, 2.45) is 5.92 Å². The molecule has 2 bridgehead atoms. The number of carbonyl (C=O) groups is 2. The quantitative estimate of drug-likeness (QED) is 0.626. The third kappa shape index (κ3) is 3.92. The molecule has 33 heavy (non-hydrogen) atoms. The molecule has 3 aliphatic heterocycles. The first-order valence-corrected chi connectivity index (χ1v) is 12.7. The van der Waals surface area contributed by atoms with Gasteiger partial charge in [0.05, 0.1) is 18.2 Å². The molecule has 1 aromatic rings. The molecule has 3 fully saturated rings. The second-order valence-corrected chi connectivity index (χ2v) is 10.3. The van der Waals surface area contributed by atoms with Gasteiger partial charge in [0.1, 0.15) is 6.04 Å². The van der Waals surface area contributed by atoms with Crippen molar-refractivity contribution in [2.75, 3.05) is 24.4 Å². The van der Waals surface area contributed by atoms with Crippen LogP contribution in [0.4, 0.5) is 5.69 Å². The normalized spacial score (nSPS) is 30.4. The van der Waals surface area contributed by atoms with Gasteiger partial charge in [-0.05, 0) is 55.4 Å². The van der Waals surface area contributed by atoms with Gasteiger partial charge < -0.3 is 19.1 Å². The van der Waals surface area contributed by atoms with Gasteiger partial charge in [0.2, 0.25) is 11.8 Å². The van der Waals surface area contributed by atoms with Gasteiger partial charge >= 0.3 is 0 Å². The molecule has 5 rings (SSSR count). The molecule has 1 aliphatic carbocycles. The summed E-state index contributed by atoms with van der Waals surface area (Å²) < 4.78 is 24.2. The maximum atomic E-state index is 13.3. The Morgan fingerprint density at radius 3 is 2.91 bits per heavy atom. The third-order valence-corrected chi connectivity index (χ3v) is 8.06. The largest absolute Gasteiger partial charge is 0.755 e. The molecule has 10 heteroatoms. The second kappa shape index (κ2) is 8.70. The Kier molecular flexibility index (Phi) is 5.89. The number of nitriles is 1. The van der Waals surface area contributed by atoms with Crippen molar-refractivity contribution < 1.29 is 18.4 Å². The molecule has 6 atom stereocenters. The highest BCUT2D eigenvalue weighted by Crippen LogP contribution is 2.44. The number of nitrogens with zero attached hydrogens (tertiary/aromatic N) is 4. The zero-order chi connectivity index (χ0) is 23.3. The fourth-order valence-corrected chi connectivity index (χ4v) is 6.54. The van der Waals surface area contributed by atoms with Gasteiger partial charge in [-0.3, -0.25) is 18.7 Å². The summed E-state index contributed by atoms with van der Waals surface area (Å²) in [5.41, 5.74) is 2.73. The van der Waals surface area contributed by atoms with Gasteiger partial charge in [-0.25, -0.2) is 0 Å². The molecule has 176 valence electrons. The van der Waals surface area contributed by atoms with Crippen LogP contribution in [0.3, 0.4) is 0 Å². The fourth-order valence-electron chi connectivity index (χ4n) is 6.22. The third-order valence-electron chi connectivity index (χ3n) is 7.66. The van der Waals surface area contributed by atoms with E-state index < -0.39 is 11.3 Å². The van der Waals surface area contributed by atoms with Gasteiger partial charge in [-0.2, -0.15) is 5.26 Å². The summed E-state index contributed by atoms with van der Waals surface area (Å²) in [4.78, 5) is 32.1. The summed E-state index contributed by atoms with van der Waals surface area (Å²) in [6, 6.07) is 7.41. The van der Waals surface area contributed by atoms with E-state index in [0.29, 0.717) is 18.8 Å². The van der Waals surface area contributed by atoms with Crippen molar-refractivity contribution in [3.05, 3.63) is 29.3 Å². The Labute approximate surface area is 196 Å². The van der Waals surface area contributed by atoms with Crippen molar-refractivity contribution in [1.29, 1.82) is 5.26 Å². The van der Waals surface area contributed by atoms with E-state index in [9.17, 15) is 23.6 Å². The summed E-state index contributed by atoms with van der Waals surface area (Å²) in [6.07, 6.45) is 4.05. The molecule has 0 saturated carbocycles. The number of likely N-dealkylation sites (tertiary alicyclic amines) is 3. The Bertz CT molecular complexity index is 1040. The highest BCUT2D eigenvalue weighted by molar-refractivity contribution is 7.80. The van der Waals surface area contributed by atoms with Crippen LogP contribution >= 0.6 is 0 Å². The molecule has 0 aromatic heterocycles. The molecule has 1 N–H and O–H groups in total. The van der Waals surface area contributed by atoms with Gasteiger partial charge in [0.15, 0.2) is 0 Å². The molecule has 0 radical (unpaired) electrons. The van der Waals surface area contributed by atoms with E-state index in [1.807, 2.05) is 24.0 Å². The molecule has 3 heterocycles. The van der Waals surface area contributed by atoms with E-state index in [1.165, 1.54) is 0 Å². The van der Waals surface area contributed by atoms with Crippen molar-refractivity contribution in [1.82, 2.24) is 14.7 Å². The molecule has 1 aromatic carbocycles. The first kappa shape index (κ1) is 22.3. The lowest BCUT2D eigenvalue weighted by molar-refractivity contribution is -0.142. The number of nitrogens with one attached hydrogen (secondary N) is 1. The van der Waals surface area contributed by atoms with Gasteiger partial charge in [-0.15, -0.1) is 0 Å². The number of hydrogen-bond donors (Lipinski definition) is 1. The second-order valence-electron chi connectivity index (χ2n) is 9.63. The van der Waals surface area contributed by atoms with Crippen molar-refractivity contribution >= 4 is 28.8 Å². The summed E-state index contributed by atoms with van der Waals surface area (Å²) in [5.74, 6) is -0.105. The SMILES string of the molecule is C[C@@H](CN1C[C@H]2C[C@@H]1C(=O)N2[C@H]1CCc2cc(NS(=O)[O-])ccc21)C(=O)N1CCC[C@H]1C#N. The van der Waals surface area contributed by atoms with Crippen LogP contribution in [0.15, 0.2) is 18.2 Å². The minimum atomic E-state index is -2.36. The van der Waals surface area contributed by atoms with Crippen LogP contribution < -0.4 is 4.72 Å². The maximum Gasteiger partial charge on any atom is 0.240 e. The number of rotatable bonds is 6. The lowest BCUT2D eigenvalue weighted by Gasteiger charge is -2.38. The number of benzene rings is 1. The van der Waals surface area contributed by atoms with Crippen LogP contribution in [0.25, 0.3) is 0 Å². The summed E-state index contributed by atoms with van der Waals surface area (Å²) in [6.45, 7) is 3.84. The van der Waals surface area contributed by atoms with E-state index >= 15 is 0 Å². The average Bonchev–Trinajstić information content (AvgIpc) is 3.55. The highest BCUT2D eigenvalue weighted by atomic mass is 32.2. The zero-order valence-corrected chi connectivity index (χ0v) is 19.4. The lowest BCUT2D eigenvalue weighted by atomic mass is 10.0. The summed E-state index contributed by atoms with van der Waals surface area (Å²) >= 11 is -2.36. The first-order chi connectivity index (χ1) is 15.9. The van der Waals surface area contributed by atoms with Crippen molar-refractivity contribution in [3.8, 4) is 6.07 Å². The number of piperazine rings is 1. The summed E-state index contributed by atoms with van der Waals surface area (Å²) in [7, 11) is 0. The lowest BCUT2D eigenvalue weighted by Crippen LogP contribution is -2.53. The molecule has 2 amide bonds. The fraction of sp³-hybridized carbons (Fsp3) is 0.609. The van der Waals surface area contributed by atoms with Crippen LogP contribution in [0.2, 0.25) is 0 Å². The molecule has 0 spiro atoms. The Morgan fingerprint density at radius 2 is 2.18 bits per heavy atom. The van der Waals surface area contributed by atoms with Crippen molar-refractivity contribution in [3.63, 3.8) is 0 Å². The van der Waals surface area contributed by atoms with E-state index in [-0.39, 0.29) is 41.9 Å². The Hall–Kier alpha value is -2.48. The van der Waals surface area contributed by atoms with Crippen LogP contribution in [-0.4, -0.2) is 73.0 Å². The van der Waals surface area contributed by atoms with Crippen molar-refractivity contribution in [2.45, 2.75) is 63.2 Å². The summed E-state index contributed by atoms with van der Waals surface area (Å²) in [5, 5.41) is 9.29. The number of hydrogen-bond acceptors (Lipinski definition) is 6.